The zero-order valence-corrected chi connectivity index (χ0v) is 15.9. The standard InChI is InChI=1S/C19H19BrN4O2/c1-24-15-5-3-2-4-14(15)17(20)18(24)19(26)22-11-8-16(25)23-12-13-6-9-21-10-7-13/h2-7,9-10H,8,11-12H2,1H3,(H,22,26)(H,23,25). The molecule has 26 heavy (non-hydrogen) atoms. The van der Waals surface area contributed by atoms with Gasteiger partial charge in [-0.1, -0.05) is 18.2 Å². The zero-order valence-electron chi connectivity index (χ0n) is 14.3. The van der Waals surface area contributed by atoms with Crippen LogP contribution < -0.4 is 10.6 Å². The second-order valence-electron chi connectivity index (χ2n) is 5.88. The fourth-order valence-electron chi connectivity index (χ4n) is 2.76. The molecule has 3 aromatic rings. The van der Waals surface area contributed by atoms with Crippen LogP contribution in [0.25, 0.3) is 10.9 Å². The lowest BCUT2D eigenvalue weighted by atomic mass is 10.2. The number of fused-ring (bicyclic) bond motifs is 1. The highest BCUT2D eigenvalue weighted by Gasteiger charge is 2.19. The van der Waals surface area contributed by atoms with Gasteiger partial charge in [0.25, 0.3) is 5.91 Å². The summed E-state index contributed by atoms with van der Waals surface area (Å²) in [6.07, 6.45) is 3.59. The summed E-state index contributed by atoms with van der Waals surface area (Å²) >= 11 is 3.51. The summed E-state index contributed by atoms with van der Waals surface area (Å²) in [5.41, 5.74) is 2.50. The molecule has 0 unspecified atom stereocenters. The number of aromatic nitrogens is 2. The van der Waals surface area contributed by atoms with Gasteiger partial charge >= 0.3 is 0 Å². The fraction of sp³-hybridized carbons (Fsp3) is 0.211. The molecule has 6 nitrogen and oxygen atoms in total. The van der Waals surface area contributed by atoms with Crippen molar-refractivity contribution in [2.75, 3.05) is 6.54 Å². The molecule has 2 aromatic heterocycles. The number of pyridine rings is 1. The van der Waals surface area contributed by atoms with E-state index in [1.807, 2.05) is 48.0 Å². The molecule has 7 heteroatoms. The van der Waals surface area contributed by atoms with E-state index in [0.29, 0.717) is 12.2 Å². The number of nitrogens with zero attached hydrogens (tertiary/aromatic N) is 2. The SMILES string of the molecule is Cn1c(C(=O)NCCC(=O)NCc2ccncc2)c(Br)c2ccccc21. The van der Waals surface area contributed by atoms with Gasteiger partial charge in [0.15, 0.2) is 0 Å². The summed E-state index contributed by atoms with van der Waals surface area (Å²) in [7, 11) is 1.85. The van der Waals surface area contributed by atoms with Gasteiger partial charge in [0.05, 0.1) is 4.47 Å². The van der Waals surface area contributed by atoms with Crippen LogP contribution in [0, 0.1) is 0 Å². The maximum absolute atomic E-state index is 12.5. The smallest absolute Gasteiger partial charge is 0.269 e. The zero-order chi connectivity index (χ0) is 18.5. The van der Waals surface area contributed by atoms with Crippen molar-refractivity contribution in [1.29, 1.82) is 0 Å². The molecule has 0 atom stereocenters. The molecule has 134 valence electrons. The molecule has 0 spiro atoms. The Hall–Kier alpha value is -2.67. The topological polar surface area (TPSA) is 76.0 Å². The maximum atomic E-state index is 12.5. The van der Waals surface area contributed by atoms with E-state index in [1.165, 1.54) is 0 Å². The van der Waals surface area contributed by atoms with Crippen LogP contribution >= 0.6 is 15.9 Å². The lowest BCUT2D eigenvalue weighted by Gasteiger charge is -2.08. The van der Waals surface area contributed by atoms with Gasteiger partial charge in [-0.25, -0.2) is 0 Å². The van der Waals surface area contributed by atoms with E-state index in [-0.39, 0.29) is 24.8 Å². The van der Waals surface area contributed by atoms with Crippen molar-refractivity contribution < 1.29 is 9.59 Å². The quantitative estimate of drug-likeness (QED) is 0.650. The minimum atomic E-state index is -0.211. The van der Waals surface area contributed by atoms with E-state index in [4.69, 9.17) is 0 Å². The molecule has 1 aromatic carbocycles. The number of amides is 2. The molecule has 3 rings (SSSR count). The van der Waals surface area contributed by atoms with Crippen LogP contribution in [0.15, 0.2) is 53.3 Å². The van der Waals surface area contributed by atoms with Crippen molar-refractivity contribution in [1.82, 2.24) is 20.2 Å². The number of nitrogens with one attached hydrogen (secondary N) is 2. The van der Waals surface area contributed by atoms with E-state index in [1.54, 1.807) is 12.4 Å². The number of rotatable bonds is 6. The first-order chi connectivity index (χ1) is 12.6. The summed E-state index contributed by atoms with van der Waals surface area (Å²) in [4.78, 5) is 28.4. The monoisotopic (exact) mass is 414 g/mol. The fourth-order valence-corrected chi connectivity index (χ4v) is 3.54. The highest BCUT2D eigenvalue weighted by molar-refractivity contribution is 9.10. The Morgan fingerprint density at radius 3 is 2.58 bits per heavy atom. The predicted molar refractivity (Wildman–Crippen MR) is 104 cm³/mol. The summed E-state index contributed by atoms with van der Waals surface area (Å²) in [5.74, 6) is -0.323. The number of hydrogen-bond donors (Lipinski definition) is 2. The normalized spacial score (nSPS) is 10.7. The van der Waals surface area contributed by atoms with Gasteiger partial charge in [-0.05, 0) is 39.7 Å². The van der Waals surface area contributed by atoms with Gasteiger partial charge in [0.1, 0.15) is 5.69 Å². The van der Waals surface area contributed by atoms with Crippen LogP contribution in [-0.2, 0) is 18.4 Å². The Labute approximate surface area is 159 Å². The molecule has 2 amide bonds. The first-order valence-electron chi connectivity index (χ1n) is 8.24. The molecular weight excluding hydrogens is 396 g/mol. The number of carbonyl (C=O) groups excluding carboxylic acids is 2. The molecule has 0 aliphatic carbocycles. The van der Waals surface area contributed by atoms with Crippen molar-refractivity contribution in [2.24, 2.45) is 7.05 Å². The summed E-state index contributed by atoms with van der Waals surface area (Å²) in [6.45, 7) is 0.721. The van der Waals surface area contributed by atoms with Crippen LogP contribution in [0.2, 0.25) is 0 Å². The average molecular weight is 415 g/mol. The van der Waals surface area contributed by atoms with Crippen LogP contribution in [0.5, 0.6) is 0 Å². The number of benzene rings is 1. The van der Waals surface area contributed by atoms with E-state index < -0.39 is 0 Å². The Morgan fingerprint density at radius 1 is 1.12 bits per heavy atom. The molecule has 0 saturated carbocycles. The van der Waals surface area contributed by atoms with Gasteiger partial charge in [-0.15, -0.1) is 0 Å². The minimum absolute atomic E-state index is 0.113. The van der Waals surface area contributed by atoms with Gasteiger partial charge in [-0.2, -0.15) is 0 Å². The number of para-hydroxylation sites is 1. The highest BCUT2D eigenvalue weighted by atomic mass is 79.9. The molecular formula is C19H19BrN4O2. The minimum Gasteiger partial charge on any atom is -0.352 e. The summed E-state index contributed by atoms with van der Waals surface area (Å²) in [6, 6.07) is 11.5. The third kappa shape index (κ3) is 3.94. The number of carbonyl (C=O) groups is 2. The van der Waals surface area contributed by atoms with Crippen molar-refractivity contribution in [3.63, 3.8) is 0 Å². The molecule has 0 saturated heterocycles. The van der Waals surface area contributed by atoms with Crippen molar-refractivity contribution in [3.8, 4) is 0 Å². The first kappa shape index (κ1) is 18.1. The number of aryl methyl sites for hydroxylation is 1. The second-order valence-corrected chi connectivity index (χ2v) is 6.67. The van der Waals surface area contributed by atoms with Crippen molar-refractivity contribution in [2.45, 2.75) is 13.0 Å². The van der Waals surface area contributed by atoms with Crippen LogP contribution in [0.1, 0.15) is 22.5 Å². The lowest BCUT2D eigenvalue weighted by molar-refractivity contribution is -0.121. The van der Waals surface area contributed by atoms with Crippen molar-refractivity contribution >= 4 is 38.6 Å². The third-order valence-electron chi connectivity index (χ3n) is 4.14. The number of hydrogen-bond acceptors (Lipinski definition) is 3. The van der Waals surface area contributed by atoms with Gasteiger partial charge in [0, 0.05) is 49.9 Å². The van der Waals surface area contributed by atoms with E-state index >= 15 is 0 Å². The van der Waals surface area contributed by atoms with Crippen LogP contribution in [0.3, 0.4) is 0 Å². The van der Waals surface area contributed by atoms with E-state index in [2.05, 4.69) is 31.5 Å². The Morgan fingerprint density at radius 2 is 1.85 bits per heavy atom. The molecule has 0 bridgehead atoms. The van der Waals surface area contributed by atoms with Crippen LogP contribution in [-0.4, -0.2) is 27.9 Å². The Balaban J connectivity index is 1.54. The van der Waals surface area contributed by atoms with Crippen LogP contribution in [0.4, 0.5) is 0 Å². The Kier molecular flexibility index (Phi) is 5.68. The third-order valence-corrected chi connectivity index (χ3v) is 4.94. The summed E-state index contributed by atoms with van der Waals surface area (Å²) < 4.78 is 2.60. The molecule has 0 aliphatic heterocycles. The lowest BCUT2D eigenvalue weighted by Crippen LogP contribution is -2.31. The highest BCUT2D eigenvalue weighted by Crippen LogP contribution is 2.29. The first-order valence-corrected chi connectivity index (χ1v) is 9.04. The average Bonchev–Trinajstić information content (AvgIpc) is 2.92. The molecule has 0 fully saturated rings. The predicted octanol–water partition coefficient (Wildman–Crippen LogP) is 2.77. The summed E-state index contributed by atoms with van der Waals surface area (Å²) in [5, 5.41) is 6.62. The van der Waals surface area contributed by atoms with E-state index in [9.17, 15) is 9.59 Å². The van der Waals surface area contributed by atoms with E-state index in [0.717, 1.165) is 20.9 Å². The second kappa shape index (κ2) is 8.14. The van der Waals surface area contributed by atoms with Gasteiger partial charge in [-0.3, -0.25) is 14.6 Å². The molecule has 2 heterocycles. The Bertz CT molecular complexity index is 898. The number of halogens is 1. The molecule has 0 aliphatic rings. The molecule has 0 radical (unpaired) electrons. The maximum Gasteiger partial charge on any atom is 0.269 e. The van der Waals surface area contributed by atoms with Crippen molar-refractivity contribution in [3.05, 3.63) is 64.5 Å². The van der Waals surface area contributed by atoms with Gasteiger partial charge < -0.3 is 15.2 Å². The molecule has 2 N–H and O–H groups in total. The largest absolute Gasteiger partial charge is 0.352 e. The van der Waals surface area contributed by atoms with Gasteiger partial charge in [0.2, 0.25) is 5.91 Å².